The predicted octanol–water partition coefficient (Wildman–Crippen LogP) is 3.11. The first-order chi connectivity index (χ1) is 9.60. The van der Waals surface area contributed by atoms with Crippen molar-refractivity contribution in [1.82, 2.24) is 9.97 Å². The fourth-order valence-electron chi connectivity index (χ4n) is 1.71. The molecule has 0 amide bonds. The van der Waals surface area contributed by atoms with Crippen molar-refractivity contribution in [3.05, 3.63) is 47.2 Å². The minimum atomic E-state index is -0.584. The first kappa shape index (κ1) is 14.2. The van der Waals surface area contributed by atoms with Crippen molar-refractivity contribution in [3.63, 3.8) is 0 Å². The minimum absolute atomic E-state index is 0.232. The van der Waals surface area contributed by atoms with E-state index in [1.165, 1.54) is 12.1 Å². The number of rotatable bonds is 5. The van der Waals surface area contributed by atoms with E-state index in [0.717, 1.165) is 18.2 Å². The van der Waals surface area contributed by atoms with Gasteiger partial charge in [0.1, 0.15) is 17.5 Å². The van der Waals surface area contributed by atoms with E-state index in [1.807, 2.05) is 13.8 Å². The van der Waals surface area contributed by atoms with Crippen molar-refractivity contribution in [2.24, 2.45) is 0 Å². The molecule has 0 aliphatic carbocycles. The van der Waals surface area contributed by atoms with Crippen molar-refractivity contribution in [2.75, 3.05) is 17.2 Å². The van der Waals surface area contributed by atoms with Crippen molar-refractivity contribution >= 4 is 11.8 Å². The summed E-state index contributed by atoms with van der Waals surface area (Å²) in [5.74, 6) is -0.0186. The lowest BCUT2D eigenvalue weighted by atomic mass is 10.2. The van der Waals surface area contributed by atoms with E-state index in [2.05, 4.69) is 20.6 Å². The fraction of sp³-hybridized carbons (Fsp3) is 0.286. The fourth-order valence-corrected chi connectivity index (χ4v) is 1.71. The molecule has 6 heteroatoms. The number of aromatic nitrogens is 2. The van der Waals surface area contributed by atoms with Crippen LogP contribution in [0.3, 0.4) is 0 Å². The maximum Gasteiger partial charge on any atom is 0.224 e. The number of halogens is 2. The summed E-state index contributed by atoms with van der Waals surface area (Å²) >= 11 is 0. The van der Waals surface area contributed by atoms with E-state index < -0.39 is 11.6 Å². The highest BCUT2D eigenvalue weighted by Crippen LogP contribution is 2.15. The average molecular weight is 278 g/mol. The molecule has 2 aromatic rings. The van der Waals surface area contributed by atoms with Gasteiger partial charge in [0.05, 0.1) is 0 Å². The molecule has 0 saturated heterocycles. The third kappa shape index (κ3) is 3.40. The lowest BCUT2D eigenvalue weighted by molar-refractivity contribution is 0.574. The van der Waals surface area contributed by atoms with Crippen LogP contribution in [0.1, 0.15) is 18.1 Å². The molecule has 0 aliphatic heterocycles. The van der Waals surface area contributed by atoms with Gasteiger partial charge >= 0.3 is 0 Å². The van der Waals surface area contributed by atoms with Gasteiger partial charge in [-0.1, -0.05) is 6.07 Å². The molecule has 1 aromatic carbocycles. The molecule has 0 saturated carbocycles. The highest BCUT2D eigenvalue weighted by atomic mass is 19.1. The van der Waals surface area contributed by atoms with Crippen LogP contribution in [0, 0.1) is 18.6 Å². The average Bonchev–Trinajstić information content (AvgIpc) is 2.41. The first-order valence-corrected chi connectivity index (χ1v) is 6.35. The van der Waals surface area contributed by atoms with E-state index in [1.54, 1.807) is 6.20 Å². The number of anilines is 2. The monoisotopic (exact) mass is 278 g/mol. The molecular weight excluding hydrogens is 262 g/mol. The van der Waals surface area contributed by atoms with Crippen molar-refractivity contribution in [2.45, 2.75) is 20.4 Å². The van der Waals surface area contributed by atoms with Gasteiger partial charge in [-0.2, -0.15) is 4.98 Å². The van der Waals surface area contributed by atoms with Crippen LogP contribution >= 0.6 is 0 Å². The van der Waals surface area contributed by atoms with Gasteiger partial charge in [-0.25, -0.2) is 13.8 Å². The maximum absolute atomic E-state index is 13.5. The topological polar surface area (TPSA) is 49.8 Å². The second-order valence-corrected chi connectivity index (χ2v) is 4.34. The minimum Gasteiger partial charge on any atom is -0.365 e. The smallest absolute Gasteiger partial charge is 0.224 e. The van der Waals surface area contributed by atoms with Gasteiger partial charge in [-0.3, -0.25) is 0 Å². The molecule has 0 fully saturated rings. The van der Waals surface area contributed by atoms with Crippen LogP contribution in [0.4, 0.5) is 20.5 Å². The standard InChI is InChI=1S/C14H16F2N4/c1-3-17-14-19-7-9(2)13(20-14)18-8-10-4-5-11(15)6-12(10)16/h4-7H,3,8H2,1-2H3,(H2,17,18,19,20). The summed E-state index contributed by atoms with van der Waals surface area (Å²) in [5, 5.41) is 6.04. The Morgan fingerprint density at radius 3 is 2.70 bits per heavy atom. The number of hydrogen-bond acceptors (Lipinski definition) is 4. The number of nitrogens with one attached hydrogen (secondary N) is 2. The van der Waals surface area contributed by atoms with Gasteiger partial charge in [-0.05, 0) is 19.9 Å². The number of aryl methyl sites for hydroxylation is 1. The first-order valence-electron chi connectivity index (χ1n) is 6.35. The lowest BCUT2D eigenvalue weighted by Crippen LogP contribution is -2.08. The molecule has 0 atom stereocenters. The molecule has 0 bridgehead atoms. The molecule has 0 aliphatic rings. The molecule has 1 heterocycles. The molecule has 0 radical (unpaired) electrons. The zero-order chi connectivity index (χ0) is 14.5. The zero-order valence-electron chi connectivity index (χ0n) is 11.4. The molecule has 0 spiro atoms. The summed E-state index contributed by atoms with van der Waals surface area (Å²) in [6, 6.07) is 3.52. The second kappa shape index (κ2) is 6.27. The Labute approximate surface area is 116 Å². The molecule has 1 aromatic heterocycles. The van der Waals surface area contributed by atoms with Crippen LogP contribution in [0.5, 0.6) is 0 Å². The van der Waals surface area contributed by atoms with E-state index in [-0.39, 0.29) is 6.54 Å². The summed E-state index contributed by atoms with van der Waals surface area (Å²) in [7, 11) is 0. The Hall–Kier alpha value is -2.24. The van der Waals surface area contributed by atoms with Gasteiger partial charge in [0.2, 0.25) is 5.95 Å². The molecule has 0 unspecified atom stereocenters. The van der Waals surface area contributed by atoms with Gasteiger partial charge in [-0.15, -0.1) is 0 Å². The van der Waals surface area contributed by atoms with Gasteiger partial charge in [0.15, 0.2) is 0 Å². The zero-order valence-corrected chi connectivity index (χ0v) is 11.4. The van der Waals surface area contributed by atoms with Crippen LogP contribution in [-0.4, -0.2) is 16.5 Å². The maximum atomic E-state index is 13.5. The predicted molar refractivity (Wildman–Crippen MR) is 74.6 cm³/mol. The van der Waals surface area contributed by atoms with Crippen molar-refractivity contribution in [1.29, 1.82) is 0 Å². The Morgan fingerprint density at radius 1 is 1.20 bits per heavy atom. The molecule has 106 valence electrons. The van der Waals surface area contributed by atoms with Crippen LogP contribution in [0.25, 0.3) is 0 Å². The van der Waals surface area contributed by atoms with Crippen LogP contribution in [-0.2, 0) is 6.54 Å². The van der Waals surface area contributed by atoms with Crippen molar-refractivity contribution in [3.8, 4) is 0 Å². The summed E-state index contributed by atoms with van der Waals surface area (Å²) < 4.78 is 26.4. The highest BCUT2D eigenvalue weighted by Gasteiger charge is 2.06. The molecule has 2 rings (SSSR count). The van der Waals surface area contributed by atoms with Gasteiger partial charge in [0, 0.05) is 36.5 Å². The lowest BCUT2D eigenvalue weighted by Gasteiger charge is -2.10. The third-order valence-corrected chi connectivity index (χ3v) is 2.77. The van der Waals surface area contributed by atoms with Crippen LogP contribution < -0.4 is 10.6 Å². The van der Waals surface area contributed by atoms with E-state index in [0.29, 0.717) is 17.3 Å². The van der Waals surface area contributed by atoms with E-state index in [9.17, 15) is 8.78 Å². The van der Waals surface area contributed by atoms with E-state index >= 15 is 0 Å². The van der Waals surface area contributed by atoms with E-state index in [4.69, 9.17) is 0 Å². The Bertz CT molecular complexity index is 602. The summed E-state index contributed by atoms with van der Waals surface area (Å²) in [4.78, 5) is 8.42. The van der Waals surface area contributed by atoms with Crippen molar-refractivity contribution < 1.29 is 8.78 Å². The molecule has 4 nitrogen and oxygen atoms in total. The Kier molecular flexibility index (Phi) is 4.45. The summed E-state index contributed by atoms with van der Waals surface area (Å²) in [5.41, 5.74) is 1.24. The third-order valence-electron chi connectivity index (χ3n) is 2.77. The Balaban J connectivity index is 2.11. The quantitative estimate of drug-likeness (QED) is 0.882. The largest absolute Gasteiger partial charge is 0.365 e. The SMILES string of the molecule is CCNc1ncc(C)c(NCc2ccc(F)cc2F)n1. The summed E-state index contributed by atoms with van der Waals surface area (Å²) in [6.07, 6.45) is 1.69. The molecule has 20 heavy (non-hydrogen) atoms. The number of nitrogens with zero attached hydrogens (tertiary/aromatic N) is 2. The summed E-state index contributed by atoms with van der Waals surface area (Å²) in [6.45, 7) is 4.76. The van der Waals surface area contributed by atoms with Gasteiger partial charge in [0.25, 0.3) is 0 Å². The van der Waals surface area contributed by atoms with Crippen LogP contribution in [0.15, 0.2) is 24.4 Å². The molecule has 2 N–H and O–H groups in total. The molecular formula is C14H16F2N4. The van der Waals surface area contributed by atoms with Gasteiger partial charge < -0.3 is 10.6 Å². The number of hydrogen-bond donors (Lipinski definition) is 2. The number of benzene rings is 1. The second-order valence-electron chi connectivity index (χ2n) is 4.34. The Morgan fingerprint density at radius 2 is 2.00 bits per heavy atom. The normalized spacial score (nSPS) is 10.4. The van der Waals surface area contributed by atoms with Crippen LogP contribution in [0.2, 0.25) is 0 Å². The highest BCUT2D eigenvalue weighted by molar-refractivity contribution is 5.46.